The van der Waals surface area contributed by atoms with Gasteiger partial charge in [-0.2, -0.15) is 0 Å². The van der Waals surface area contributed by atoms with Gasteiger partial charge < -0.3 is 34.9 Å². The van der Waals surface area contributed by atoms with Crippen molar-refractivity contribution in [3.05, 3.63) is 76.2 Å². The van der Waals surface area contributed by atoms with Crippen LogP contribution in [-0.2, 0) is 14.3 Å². The maximum absolute atomic E-state index is 12.9. The predicted molar refractivity (Wildman–Crippen MR) is 155 cm³/mol. The highest BCUT2D eigenvalue weighted by Gasteiger charge is 2.38. The summed E-state index contributed by atoms with van der Waals surface area (Å²) in [5.74, 6) is -1.30. The quantitative estimate of drug-likeness (QED) is 0.119. The van der Waals surface area contributed by atoms with Crippen molar-refractivity contribution in [2.45, 2.75) is 32.8 Å². The van der Waals surface area contributed by atoms with E-state index in [2.05, 4.69) is 10.2 Å². The minimum Gasteiger partial charge on any atom is -0.464 e. The summed E-state index contributed by atoms with van der Waals surface area (Å²) in [5.41, 5.74) is 5.95. The van der Waals surface area contributed by atoms with E-state index < -0.39 is 23.1 Å². The van der Waals surface area contributed by atoms with Gasteiger partial charge in [0.05, 0.1) is 13.2 Å². The molecular weight excluding hydrogens is 514 g/mol. The lowest BCUT2D eigenvalue weighted by atomic mass is 9.97. The van der Waals surface area contributed by atoms with E-state index in [0.29, 0.717) is 16.7 Å². The molecule has 1 amide bonds. The Balaban J connectivity index is 1.72. The summed E-state index contributed by atoms with van der Waals surface area (Å²) >= 11 is 0. The van der Waals surface area contributed by atoms with Crippen molar-refractivity contribution in [1.29, 1.82) is 0 Å². The van der Waals surface area contributed by atoms with Gasteiger partial charge in [0.1, 0.15) is 11.1 Å². The maximum Gasteiger partial charge on any atom is 0.349 e. The summed E-state index contributed by atoms with van der Waals surface area (Å²) in [5, 5.41) is 12.9. The Kier molecular flexibility index (Phi) is 10.9. The molecule has 0 saturated carbocycles. The molecule has 40 heavy (non-hydrogen) atoms. The molecule has 0 spiro atoms. The highest BCUT2D eigenvalue weighted by Crippen LogP contribution is 2.24. The van der Waals surface area contributed by atoms with Gasteiger partial charge >= 0.3 is 11.6 Å². The highest BCUT2D eigenvalue weighted by molar-refractivity contribution is 5.97. The van der Waals surface area contributed by atoms with Crippen LogP contribution in [0.15, 0.2) is 63.8 Å². The fraction of sp³-hybridized carbons (Fsp3) is 0.367. The number of esters is 1. The summed E-state index contributed by atoms with van der Waals surface area (Å²) in [6.45, 7) is 7.04. The Labute approximate surface area is 233 Å². The Bertz CT molecular complexity index is 1380. The van der Waals surface area contributed by atoms with Crippen LogP contribution in [0.25, 0.3) is 17.0 Å². The number of carbonyl (C=O) groups excluding carboxylic acids is 2. The molecule has 3 aromatic rings. The average molecular weight is 552 g/mol. The number of amides is 1. The Morgan fingerprint density at radius 1 is 1.10 bits per heavy atom. The van der Waals surface area contributed by atoms with Gasteiger partial charge in [0, 0.05) is 55.5 Å². The fourth-order valence-corrected chi connectivity index (χ4v) is 4.23. The maximum atomic E-state index is 12.9. The SMILES string of the molecule is CCOC(=O)C(/C=C/c1ccc(N)cc1)(CCO)OCCNC(=O)c1cc2ccc(N(CC)CC)cc2oc1=O. The topological polar surface area (TPSA) is 144 Å². The molecule has 3 rings (SSSR count). The van der Waals surface area contributed by atoms with E-state index in [1.165, 1.54) is 12.1 Å². The van der Waals surface area contributed by atoms with Gasteiger partial charge in [0.15, 0.2) is 5.60 Å². The normalized spacial score (nSPS) is 12.8. The number of ether oxygens (including phenoxy) is 2. The first kappa shape index (κ1) is 30.4. The fourth-order valence-electron chi connectivity index (χ4n) is 4.23. The van der Waals surface area contributed by atoms with E-state index in [1.54, 1.807) is 43.3 Å². The summed E-state index contributed by atoms with van der Waals surface area (Å²) in [4.78, 5) is 40.4. The average Bonchev–Trinajstić information content (AvgIpc) is 2.95. The van der Waals surface area contributed by atoms with Gasteiger partial charge in [-0.05, 0) is 62.7 Å². The minimum absolute atomic E-state index is 0.0144. The van der Waals surface area contributed by atoms with E-state index in [4.69, 9.17) is 19.6 Å². The van der Waals surface area contributed by atoms with E-state index in [1.807, 2.05) is 26.0 Å². The predicted octanol–water partition coefficient (Wildman–Crippen LogP) is 3.37. The zero-order valence-electron chi connectivity index (χ0n) is 23.1. The second-order valence-electron chi connectivity index (χ2n) is 9.03. The Hall–Kier alpha value is -4.15. The second-order valence-corrected chi connectivity index (χ2v) is 9.03. The van der Waals surface area contributed by atoms with E-state index in [9.17, 15) is 19.5 Å². The third-order valence-corrected chi connectivity index (χ3v) is 6.43. The molecule has 0 bridgehead atoms. The largest absolute Gasteiger partial charge is 0.464 e. The van der Waals surface area contributed by atoms with Gasteiger partial charge in [0.2, 0.25) is 0 Å². The first-order chi connectivity index (χ1) is 19.3. The number of hydrogen-bond donors (Lipinski definition) is 3. The number of benzene rings is 2. The zero-order valence-corrected chi connectivity index (χ0v) is 23.1. The van der Waals surface area contributed by atoms with Gasteiger partial charge in [-0.25, -0.2) is 9.59 Å². The Morgan fingerprint density at radius 3 is 2.48 bits per heavy atom. The number of fused-ring (bicyclic) bond motifs is 1. The molecule has 214 valence electrons. The van der Waals surface area contributed by atoms with Gasteiger partial charge in [-0.1, -0.05) is 18.2 Å². The third-order valence-electron chi connectivity index (χ3n) is 6.43. The first-order valence-corrected chi connectivity index (χ1v) is 13.3. The molecule has 1 heterocycles. The van der Waals surface area contributed by atoms with E-state index in [-0.39, 0.29) is 38.3 Å². The van der Waals surface area contributed by atoms with Crippen LogP contribution in [0.5, 0.6) is 0 Å². The number of hydrogen-bond acceptors (Lipinski definition) is 9. The van der Waals surface area contributed by atoms with Crippen molar-refractivity contribution >= 4 is 40.3 Å². The van der Waals surface area contributed by atoms with Crippen molar-refractivity contribution in [3.8, 4) is 0 Å². The standard InChI is InChI=1S/C30H37N3O7/c1-4-33(5-2)24-12-9-22-19-25(28(36)40-26(22)20-24)27(35)32-16-18-39-30(15-17-34,29(37)38-6-3)14-13-21-7-10-23(31)11-8-21/h7-14,19-20,34H,4-6,15-18,31H2,1-3H3,(H,32,35)/b14-13+. The molecule has 0 aliphatic rings. The van der Waals surface area contributed by atoms with Crippen molar-refractivity contribution in [2.24, 2.45) is 0 Å². The van der Waals surface area contributed by atoms with Crippen LogP contribution in [0.2, 0.25) is 0 Å². The number of nitrogens with two attached hydrogens (primary N) is 1. The summed E-state index contributed by atoms with van der Waals surface area (Å²) in [7, 11) is 0. The van der Waals surface area contributed by atoms with Crippen molar-refractivity contribution in [3.63, 3.8) is 0 Å². The van der Waals surface area contributed by atoms with Crippen molar-refractivity contribution in [1.82, 2.24) is 5.32 Å². The minimum atomic E-state index is -1.58. The van der Waals surface area contributed by atoms with Crippen LogP contribution in [0, 0.1) is 0 Å². The molecular formula is C30H37N3O7. The lowest BCUT2D eigenvalue weighted by Gasteiger charge is -2.28. The molecule has 0 aliphatic heterocycles. The molecule has 0 aliphatic carbocycles. The lowest BCUT2D eigenvalue weighted by molar-refractivity contribution is -0.167. The number of nitrogens with zero attached hydrogens (tertiary/aromatic N) is 1. The number of aliphatic hydroxyl groups excluding tert-OH is 1. The Morgan fingerprint density at radius 2 is 1.82 bits per heavy atom. The molecule has 10 heteroatoms. The molecule has 4 N–H and O–H groups in total. The molecule has 0 fully saturated rings. The van der Waals surface area contributed by atoms with Gasteiger partial charge in [0.25, 0.3) is 5.91 Å². The number of rotatable bonds is 14. The number of nitrogen functional groups attached to an aromatic ring is 1. The number of aliphatic hydroxyl groups is 1. The molecule has 1 aromatic heterocycles. The first-order valence-electron chi connectivity index (χ1n) is 13.3. The lowest BCUT2D eigenvalue weighted by Crippen LogP contribution is -2.44. The third kappa shape index (κ3) is 7.49. The highest BCUT2D eigenvalue weighted by atomic mass is 16.6. The second kappa shape index (κ2) is 14.3. The van der Waals surface area contributed by atoms with Crippen LogP contribution in [0.3, 0.4) is 0 Å². The monoisotopic (exact) mass is 551 g/mol. The van der Waals surface area contributed by atoms with Crippen LogP contribution in [-0.4, -0.2) is 62.0 Å². The summed E-state index contributed by atoms with van der Waals surface area (Å²) in [6, 6.07) is 14.0. The van der Waals surface area contributed by atoms with Crippen LogP contribution in [0.4, 0.5) is 11.4 Å². The van der Waals surface area contributed by atoms with Crippen LogP contribution in [0.1, 0.15) is 43.1 Å². The molecule has 10 nitrogen and oxygen atoms in total. The molecule has 1 unspecified atom stereocenters. The van der Waals surface area contributed by atoms with Crippen LogP contribution < -0.4 is 21.6 Å². The van der Waals surface area contributed by atoms with Crippen LogP contribution >= 0.6 is 0 Å². The summed E-state index contributed by atoms with van der Waals surface area (Å²) < 4.78 is 16.6. The van der Waals surface area contributed by atoms with E-state index in [0.717, 1.165) is 24.3 Å². The smallest absolute Gasteiger partial charge is 0.349 e. The number of nitrogens with one attached hydrogen (secondary N) is 1. The van der Waals surface area contributed by atoms with Gasteiger partial charge in [-0.3, -0.25) is 4.79 Å². The molecule has 1 atom stereocenters. The molecule has 0 radical (unpaired) electrons. The number of carbonyl (C=O) groups is 2. The molecule has 0 saturated heterocycles. The molecule has 2 aromatic carbocycles. The van der Waals surface area contributed by atoms with Gasteiger partial charge in [-0.15, -0.1) is 0 Å². The van der Waals surface area contributed by atoms with Crippen molar-refractivity contribution in [2.75, 3.05) is 50.1 Å². The summed E-state index contributed by atoms with van der Waals surface area (Å²) in [6.07, 6.45) is 3.14. The van der Waals surface area contributed by atoms with Crippen molar-refractivity contribution < 1.29 is 28.6 Å². The van der Waals surface area contributed by atoms with E-state index >= 15 is 0 Å². The zero-order chi connectivity index (χ0) is 29.1. The number of anilines is 2.